The monoisotopic (exact) mass is 377 g/mol. The summed E-state index contributed by atoms with van der Waals surface area (Å²) in [6.07, 6.45) is 0.0534. The van der Waals surface area contributed by atoms with Gasteiger partial charge in [-0.15, -0.1) is 0 Å². The molecule has 1 aromatic carbocycles. The van der Waals surface area contributed by atoms with E-state index in [0.29, 0.717) is 16.6 Å². The van der Waals surface area contributed by atoms with E-state index in [1.807, 2.05) is 0 Å². The normalized spacial score (nSPS) is 18.8. The summed E-state index contributed by atoms with van der Waals surface area (Å²) in [6.45, 7) is 0. The number of aliphatic carboxylic acids is 1. The first-order chi connectivity index (χ1) is 9.77. The molecule has 1 aliphatic rings. The highest BCUT2D eigenvalue weighted by atomic mass is 79.9. The Morgan fingerprint density at radius 1 is 1.48 bits per heavy atom. The van der Waals surface area contributed by atoms with E-state index in [-0.39, 0.29) is 30.1 Å². The largest absolute Gasteiger partial charge is 0.487 e. The smallest absolute Gasteiger partial charge is 0.303 e. The molecule has 21 heavy (non-hydrogen) atoms. The number of halogens is 1. The van der Waals surface area contributed by atoms with Crippen molar-refractivity contribution in [2.24, 2.45) is 5.73 Å². The summed E-state index contributed by atoms with van der Waals surface area (Å²) < 4.78 is 28.4. The van der Waals surface area contributed by atoms with Crippen LogP contribution in [0.2, 0.25) is 0 Å². The second kappa shape index (κ2) is 6.33. The maximum absolute atomic E-state index is 11.1. The predicted octanol–water partition coefficient (Wildman–Crippen LogP) is 1.49. The van der Waals surface area contributed by atoms with Crippen molar-refractivity contribution in [1.29, 1.82) is 0 Å². The Balaban J connectivity index is 1.98. The number of rotatable bonds is 6. The maximum Gasteiger partial charge on any atom is 0.303 e. The van der Waals surface area contributed by atoms with Crippen LogP contribution in [0.1, 0.15) is 24.4 Å². The van der Waals surface area contributed by atoms with Crippen LogP contribution in [0.15, 0.2) is 22.7 Å². The van der Waals surface area contributed by atoms with E-state index in [2.05, 4.69) is 15.9 Å². The zero-order valence-corrected chi connectivity index (χ0v) is 13.6. The van der Waals surface area contributed by atoms with E-state index >= 15 is 0 Å². The molecule has 1 saturated heterocycles. The summed E-state index contributed by atoms with van der Waals surface area (Å²) in [5, 5.41) is 8.65. The molecule has 1 aromatic rings. The summed E-state index contributed by atoms with van der Waals surface area (Å²) in [7, 11) is -2.92. The lowest BCUT2D eigenvalue weighted by Gasteiger charge is -2.27. The summed E-state index contributed by atoms with van der Waals surface area (Å²) in [4.78, 5) is 10.5. The maximum atomic E-state index is 11.1. The number of nitrogens with two attached hydrogens (primary N) is 1. The molecule has 0 saturated carbocycles. The number of carbonyl (C=O) groups is 1. The quantitative estimate of drug-likeness (QED) is 0.777. The number of hydrogen-bond donors (Lipinski definition) is 2. The third-order valence-corrected chi connectivity index (χ3v) is 5.61. The van der Waals surface area contributed by atoms with Crippen LogP contribution in [0.4, 0.5) is 0 Å². The molecule has 2 rings (SSSR count). The number of carboxylic acid groups (broad SMARTS) is 1. The van der Waals surface area contributed by atoms with Gasteiger partial charge in [-0.1, -0.05) is 6.07 Å². The van der Waals surface area contributed by atoms with E-state index in [0.717, 1.165) is 5.56 Å². The van der Waals surface area contributed by atoms with Crippen LogP contribution in [-0.4, -0.2) is 37.1 Å². The average molecular weight is 378 g/mol. The summed E-state index contributed by atoms with van der Waals surface area (Å²) >= 11 is 3.36. The Hall–Kier alpha value is -1.12. The van der Waals surface area contributed by atoms with Crippen LogP contribution >= 0.6 is 15.9 Å². The van der Waals surface area contributed by atoms with Crippen LogP contribution in [0, 0.1) is 0 Å². The molecular formula is C13H16BrNO5S. The fraction of sp³-hybridized carbons (Fsp3) is 0.462. The van der Waals surface area contributed by atoms with Gasteiger partial charge in [0, 0.05) is 12.5 Å². The molecule has 0 radical (unpaired) electrons. The molecule has 1 aliphatic heterocycles. The summed E-state index contributed by atoms with van der Waals surface area (Å²) in [6, 6.07) is 4.88. The zero-order chi connectivity index (χ0) is 15.6. The van der Waals surface area contributed by atoms with Crippen molar-refractivity contribution in [1.82, 2.24) is 0 Å². The first-order valence-corrected chi connectivity index (χ1v) is 9.02. The van der Waals surface area contributed by atoms with E-state index in [9.17, 15) is 13.2 Å². The van der Waals surface area contributed by atoms with Crippen LogP contribution in [0.25, 0.3) is 0 Å². The molecule has 6 nitrogen and oxygen atoms in total. The number of hydrogen-bond acceptors (Lipinski definition) is 5. The lowest BCUT2D eigenvalue weighted by molar-refractivity contribution is -0.137. The molecule has 8 heteroatoms. The summed E-state index contributed by atoms with van der Waals surface area (Å²) in [5.41, 5.74) is 6.73. The molecule has 0 aliphatic carbocycles. The first-order valence-electron chi connectivity index (χ1n) is 6.41. The molecule has 1 heterocycles. The second-order valence-electron chi connectivity index (χ2n) is 5.05. The van der Waals surface area contributed by atoms with Crippen molar-refractivity contribution in [3.05, 3.63) is 28.2 Å². The number of benzene rings is 1. The van der Waals surface area contributed by atoms with Crippen molar-refractivity contribution in [2.45, 2.75) is 25.0 Å². The van der Waals surface area contributed by atoms with Crippen LogP contribution in [0.5, 0.6) is 5.75 Å². The number of sulfone groups is 1. The molecule has 0 amide bonds. The van der Waals surface area contributed by atoms with Gasteiger partial charge in [0.15, 0.2) is 9.84 Å². The lowest BCUT2D eigenvalue weighted by atomic mass is 10.0. The molecule has 1 atom stereocenters. The third-order valence-electron chi connectivity index (χ3n) is 3.23. The summed E-state index contributed by atoms with van der Waals surface area (Å²) in [5.74, 6) is -0.238. The number of carboxylic acids is 1. The standard InChI is InChI=1S/C13H16BrNO5S/c14-10-5-8(11(15)2-4-13(16)17)1-3-12(10)20-9-6-21(18,19)7-9/h1,3,5,9,11H,2,4,6-7,15H2,(H,16,17). The molecule has 0 aromatic heterocycles. The Kier molecular flexibility index (Phi) is 4.90. The fourth-order valence-corrected chi connectivity index (χ4v) is 3.72. The van der Waals surface area contributed by atoms with Crippen molar-refractivity contribution >= 4 is 31.7 Å². The van der Waals surface area contributed by atoms with Crippen LogP contribution in [-0.2, 0) is 14.6 Å². The molecular weight excluding hydrogens is 362 g/mol. The second-order valence-corrected chi connectivity index (χ2v) is 8.05. The Morgan fingerprint density at radius 2 is 2.14 bits per heavy atom. The predicted molar refractivity (Wildman–Crippen MR) is 81.0 cm³/mol. The van der Waals surface area contributed by atoms with Gasteiger partial charge in [0.1, 0.15) is 11.9 Å². The van der Waals surface area contributed by atoms with E-state index in [1.165, 1.54) is 0 Å². The van der Waals surface area contributed by atoms with Gasteiger partial charge in [0.2, 0.25) is 0 Å². The molecule has 0 bridgehead atoms. The van der Waals surface area contributed by atoms with E-state index in [1.54, 1.807) is 18.2 Å². The van der Waals surface area contributed by atoms with Crippen molar-refractivity contribution in [3.63, 3.8) is 0 Å². The highest BCUT2D eigenvalue weighted by Gasteiger charge is 2.35. The van der Waals surface area contributed by atoms with Crippen LogP contribution < -0.4 is 10.5 Å². The van der Waals surface area contributed by atoms with Gasteiger partial charge in [-0.25, -0.2) is 8.42 Å². The third kappa shape index (κ3) is 4.42. The zero-order valence-electron chi connectivity index (χ0n) is 11.2. The van der Waals surface area contributed by atoms with Gasteiger partial charge >= 0.3 is 5.97 Å². The number of ether oxygens (including phenoxy) is 1. The minimum Gasteiger partial charge on any atom is -0.487 e. The topological polar surface area (TPSA) is 107 Å². The molecule has 1 fully saturated rings. The molecule has 3 N–H and O–H groups in total. The first kappa shape index (κ1) is 16.3. The molecule has 1 unspecified atom stereocenters. The fourth-order valence-electron chi connectivity index (χ4n) is 2.05. The van der Waals surface area contributed by atoms with Gasteiger partial charge in [0.25, 0.3) is 0 Å². The highest BCUT2D eigenvalue weighted by molar-refractivity contribution is 9.10. The Labute approximate surface area is 131 Å². The van der Waals surface area contributed by atoms with Gasteiger partial charge in [-0.2, -0.15) is 0 Å². The molecule has 0 spiro atoms. The van der Waals surface area contributed by atoms with Crippen molar-refractivity contribution in [2.75, 3.05) is 11.5 Å². The minimum absolute atomic E-state index is 0.0109. The minimum atomic E-state index is -2.92. The Morgan fingerprint density at radius 3 is 2.67 bits per heavy atom. The van der Waals surface area contributed by atoms with Crippen molar-refractivity contribution in [3.8, 4) is 5.75 Å². The Bertz CT molecular complexity index is 634. The SMILES string of the molecule is NC(CCC(=O)O)c1ccc(OC2CS(=O)(=O)C2)c(Br)c1. The van der Waals surface area contributed by atoms with Gasteiger partial charge < -0.3 is 15.6 Å². The van der Waals surface area contributed by atoms with Gasteiger partial charge in [0.05, 0.1) is 16.0 Å². The van der Waals surface area contributed by atoms with E-state index in [4.69, 9.17) is 15.6 Å². The molecule has 116 valence electrons. The van der Waals surface area contributed by atoms with E-state index < -0.39 is 15.8 Å². The average Bonchev–Trinajstić information content (AvgIpc) is 2.36. The highest BCUT2D eigenvalue weighted by Crippen LogP contribution is 2.31. The van der Waals surface area contributed by atoms with Gasteiger partial charge in [-0.3, -0.25) is 4.79 Å². The van der Waals surface area contributed by atoms with Crippen LogP contribution in [0.3, 0.4) is 0 Å². The lowest BCUT2D eigenvalue weighted by Crippen LogP contribution is -2.45. The van der Waals surface area contributed by atoms with Gasteiger partial charge in [-0.05, 0) is 40.0 Å². The van der Waals surface area contributed by atoms with Crippen molar-refractivity contribution < 1.29 is 23.1 Å².